The third kappa shape index (κ3) is 4.17. The normalized spacial score (nSPS) is 21.5. The molecule has 2 aliphatic rings. The van der Waals surface area contributed by atoms with Gasteiger partial charge in [0, 0.05) is 37.7 Å². The molecule has 2 unspecified atom stereocenters. The minimum absolute atomic E-state index is 0.0333. The summed E-state index contributed by atoms with van der Waals surface area (Å²) in [7, 11) is 0. The Hall–Kier alpha value is -2.90. The molecule has 1 heterocycles. The van der Waals surface area contributed by atoms with Crippen molar-refractivity contribution in [2.24, 2.45) is 5.92 Å². The quantitative estimate of drug-likeness (QED) is 0.706. The highest BCUT2D eigenvalue weighted by atomic mass is 19.4. The van der Waals surface area contributed by atoms with Crippen LogP contribution in [0.4, 0.5) is 17.6 Å². The Balaban J connectivity index is 1.31. The van der Waals surface area contributed by atoms with Crippen LogP contribution in [-0.4, -0.2) is 47.8 Å². The lowest BCUT2D eigenvalue weighted by molar-refractivity contribution is -0.137. The van der Waals surface area contributed by atoms with E-state index in [1.165, 1.54) is 24.3 Å². The molecule has 1 saturated carbocycles. The van der Waals surface area contributed by atoms with Gasteiger partial charge in [-0.3, -0.25) is 9.59 Å². The second-order valence-electron chi connectivity index (χ2n) is 7.69. The summed E-state index contributed by atoms with van der Waals surface area (Å²) in [6.45, 7) is 1.44. The molecule has 2 aromatic rings. The average molecular weight is 420 g/mol. The zero-order valence-corrected chi connectivity index (χ0v) is 16.0. The molecule has 0 bridgehead atoms. The van der Waals surface area contributed by atoms with Crippen molar-refractivity contribution in [1.82, 2.24) is 9.80 Å². The van der Waals surface area contributed by atoms with Gasteiger partial charge in [-0.15, -0.1) is 0 Å². The predicted molar refractivity (Wildman–Crippen MR) is 101 cm³/mol. The van der Waals surface area contributed by atoms with Crippen LogP contribution in [-0.2, 0) is 11.0 Å². The van der Waals surface area contributed by atoms with Crippen LogP contribution in [0.1, 0.15) is 33.8 Å². The number of hydrogen-bond donors (Lipinski definition) is 0. The van der Waals surface area contributed by atoms with Crippen LogP contribution < -0.4 is 0 Å². The summed E-state index contributed by atoms with van der Waals surface area (Å²) < 4.78 is 51.1. The van der Waals surface area contributed by atoms with E-state index in [0.717, 1.165) is 24.1 Å². The number of carbonyl (C=O) groups is 2. The SMILES string of the molecule is O=C(c1ccc(C(F)(F)F)cc1)N1CCN(C(=O)C2CC2c2ccc(F)cc2)CC1. The second-order valence-corrected chi connectivity index (χ2v) is 7.69. The van der Waals surface area contributed by atoms with Crippen LogP contribution in [0.15, 0.2) is 48.5 Å². The fourth-order valence-corrected chi connectivity index (χ4v) is 3.90. The Kier molecular flexibility index (Phi) is 5.26. The van der Waals surface area contributed by atoms with Crippen molar-refractivity contribution in [2.45, 2.75) is 18.5 Å². The Morgan fingerprint density at radius 2 is 1.40 bits per heavy atom. The van der Waals surface area contributed by atoms with Crippen LogP contribution >= 0.6 is 0 Å². The maximum atomic E-state index is 13.1. The van der Waals surface area contributed by atoms with Gasteiger partial charge in [0.1, 0.15) is 5.82 Å². The number of rotatable bonds is 3. The minimum Gasteiger partial charge on any atom is -0.339 e. The van der Waals surface area contributed by atoms with Gasteiger partial charge in [0.2, 0.25) is 5.91 Å². The van der Waals surface area contributed by atoms with E-state index in [0.29, 0.717) is 26.2 Å². The number of benzene rings is 2. The molecule has 2 amide bonds. The molecule has 8 heteroatoms. The van der Waals surface area contributed by atoms with Gasteiger partial charge in [-0.2, -0.15) is 13.2 Å². The first-order chi connectivity index (χ1) is 14.2. The first-order valence-electron chi connectivity index (χ1n) is 9.75. The smallest absolute Gasteiger partial charge is 0.339 e. The molecule has 4 nitrogen and oxygen atoms in total. The first-order valence-corrected chi connectivity index (χ1v) is 9.75. The Labute approximate surface area is 171 Å². The number of halogens is 4. The van der Waals surface area contributed by atoms with E-state index in [2.05, 4.69) is 0 Å². The van der Waals surface area contributed by atoms with Gasteiger partial charge in [0.05, 0.1) is 5.56 Å². The number of piperazine rings is 1. The summed E-state index contributed by atoms with van der Waals surface area (Å²) >= 11 is 0. The van der Waals surface area contributed by atoms with Crippen molar-refractivity contribution >= 4 is 11.8 Å². The summed E-state index contributed by atoms with van der Waals surface area (Å²) in [6, 6.07) is 10.3. The highest BCUT2D eigenvalue weighted by Gasteiger charge is 2.46. The molecule has 1 aliphatic carbocycles. The molecular formula is C22H20F4N2O2. The number of nitrogens with zero attached hydrogens (tertiary/aromatic N) is 2. The molecule has 1 aliphatic heterocycles. The molecule has 2 atom stereocenters. The van der Waals surface area contributed by atoms with Crippen molar-refractivity contribution in [3.05, 3.63) is 71.0 Å². The maximum absolute atomic E-state index is 13.1. The highest BCUT2D eigenvalue weighted by molar-refractivity contribution is 5.94. The van der Waals surface area contributed by atoms with Gasteiger partial charge >= 0.3 is 6.18 Å². The fourth-order valence-electron chi connectivity index (χ4n) is 3.90. The standard InChI is InChI=1S/C22H20F4N2O2/c23-17-7-3-14(4-8-17)18-13-19(18)21(30)28-11-9-27(10-12-28)20(29)15-1-5-16(6-2-15)22(24,25)26/h1-8,18-19H,9-13H2. The molecule has 0 aromatic heterocycles. The summed E-state index contributed by atoms with van der Waals surface area (Å²) in [6.07, 6.45) is -3.71. The Bertz CT molecular complexity index is 933. The molecule has 30 heavy (non-hydrogen) atoms. The molecular weight excluding hydrogens is 400 g/mol. The lowest BCUT2D eigenvalue weighted by atomic mass is 10.1. The van der Waals surface area contributed by atoms with E-state index < -0.39 is 11.7 Å². The summed E-state index contributed by atoms with van der Waals surface area (Å²) in [5.74, 6) is -0.633. The van der Waals surface area contributed by atoms with Crippen LogP contribution in [0, 0.1) is 11.7 Å². The molecule has 0 spiro atoms. The van der Waals surface area contributed by atoms with Crippen molar-refractivity contribution in [3.63, 3.8) is 0 Å². The lowest BCUT2D eigenvalue weighted by Crippen LogP contribution is -2.51. The Morgan fingerprint density at radius 3 is 1.97 bits per heavy atom. The topological polar surface area (TPSA) is 40.6 Å². The predicted octanol–water partition coefficient (Wildman–Crippen LogP) is 3.93. The highest BCUT2D eigenvalue weighted by Crippen LogP contribution is 2.48. The lowest BCUT2D eigenvalue weighted by Gasteiger charge is -2.35. The Morgan fingerprint density at radius 1 is 0.833 bits per heavy atom. The van der Waals surface area contributed by atoms with Crippen LogP contribution in [0.25, 0.3) is 0 Å². The monoisotopic (exact) mass is 420 g/mol. The second kappa shape index (κ2) is 7.74. The molecule has 2 fully saturated rings. The molecule has 2 aromatic carbocycles. The summed E-state index contributed by atoms with van der Waals surface area (Å²) in [4.78, 5) is 28.6. The van der Waals surface area contributed by atoms with Gasteiger partial charge < -0.3 is 9.80 Å². The van der Waals surface area contributed by atoms with E-state index in [9.17, 15) is 27.2 Å². The van der Waals surface area contributed by atoms with E-state index >= 15 is 0 Å². The van der Waals surface area contributed by atoms with Gasteiger partial charge in [-0.1, -0.05) is 12.1 Å². The fraction of sp³-hybridized carbons (Fsp3) is 0.364. The van der Waals surface area contributed by atoms with Crippen LogP contribution in [0.2, 0.25) is 0 Å². The number of alkyl halides is 3. The van der Waals surface area contributed by atoms with Crippen molar-refractivity contribution in [3.8, 4) is 0 Å². The van der Waals surface area contributed by atoms with E-state index in [1.54, 1.807) is 21.9 Å². The molecule has 1 saturated heterocycles. The van der Waals surface area contributed by atoms with E-state index in [4.69, 9.17) is 0 Å². The zero-order chi connectivity index (χ0) is 21.5. The van der Waals surface area contributed by atoms with Gasteiger partial charge in [-0.25, -0.2) is 4.39 Å². The number of amides is 2. The van der Waals surface area contributed by atoms with E-state index in [-0.39, 0.29) is 35.0 Å². The van der Waals surface area contributed by atoms with Gasteiger partial charge in [0.25, 0.3) is 5.91 Å². The zero-order valence-electron chi connectivity index (χ0n) is 16.0. The average Bonchev–Trinajstić information content (AvgIpc) is 3.54. The molecule has 0 N–H and O–H groups in total. The molecule has 158 valence electrons. The third-order valence-corrected chi connectivity index (χ3v) is 5.74. The largest absolute Gasteiger partial charge is 0.416 e. The van der Waals surface area contributed by atoms with Crippen molar-refractivity contribution in [1.29, 1.82) is 0 Å². The first kappa shape index (κ1) is 20.4. The van der Waals surface area contributed by atoms with Crippen molar-refractivity contribution < 1.29 is 27.2 Å². The van der Waals surface area contributed by atoms with Gasteiger partial charge in [-0.05, 0) is 54.3 Å². The maximum Gasteiger partial charge on any atom is 0.416 e. The summed E-state index contributed by atoms with van der Waals surface area (Å²) in [5, 5.41) is 0. The van der Waals surface area contributed by atoms with Gasteiger partial charge in [0.15, 0.2) is 0 Å². The minimum atomic E-state index is -4.44. The van der Waals surface area contributed by atoms with E-state index in [1.807, 2.05) is 0 Å². The molecule has 4 rings (SSSR count). The van der Waals surface area contributed by atoms with Crippen LogP contribution in [0.3, 0.4) is 0 Å². The third-order valence-electron chi connectivity index (χ3n) is 5.74. The van der Waals surface area contributed by atoms with Crippen LogP contribution in [0.5, 0.6) is 0 Å². The number of carbonyl (C=O) groups excluding carboxylic acids is 2. The number of hydrogen-bond acceptors (Lipinski definition) is 2. The molecule has 0 radical (unpaired) electrons. The summed E-state index contributed by atoms with van der Waals surface area (Å²) in [5.41, 5.74) is 0.349. The van der Waals surface area contributed by atoms with Crippen molar-refractivity contribution in [2.75, 3.05) is 26.2 Å².